The van der Waals surface area contributed by atoms with Gasteiger partial charge in [-0.25, -0.2) is 0 Å². The molecule has 0 spiro atoms. The van der Waals surface area contributed by atoms with Crippen molar-refractivity contribution in [2.24, 2.45) is 0 Å². The van der Waals surface area contributed by atoms with Gasteiger partial charge in [0.2, 0.25) is 0 Å². The predicted molar refractivity (Wildman–Crippen MR) is 71.7 cm³/mol. The summed E-state index contributed by atoms with van der Waals surface area (Å²) in [6.45, 7) is 4.03. The van der Waals surface area contributed by atoms with E-state index in [4.69, 9.17) is 16.1 Å². The lowest BCUT2D eigenvalue weighted by Gasteiger charge is -2.04. The minimum atomic E-state index is 0.317. The Labute approximate surface area is 111 Å². The molecule has 5 heteroatoms. The first-order valence-electron chi connectivity index (χ1n) is 5.86. The summed E-state index contributed by atoms with van der Waals surface area (Å²) in [5.41, 5.74) is 1.88. The zero-order chi connectivity index (χ0) is 13.1. The van der Waals surface area contributed by atoms with Crippen molar-refractivity contribution < 1.29 is 4.52 Å². The van der Waals surface area contributed by atoms with Crippen LogP contribution in [0.25, 0.3) is 11.5 Å². The van der Waals surface area contributed by atoms with Crippen LogP contribution in [0, 0.1) is 6.92 Å². The van der Waals surface area contributed by atoms with Crippen molar-refractivity contribution in [2.45, 2.75) is 26.3 Å². The number of hydrogen-bond donors (Lipinski definition) is 1. The van der Waals surface area contributed by atoms with Crippen LogP contribution in [0.3, 0.4) is 0 Å². The second-order valence-corrected chi connectivity index (χ2v) is 4.78. The quantitative estimate of drug-likeness (QED) is 0.924. The maximum atomic E-state index is 6.08. The van der Waals surface area contributed by atoms with E-state index in [0.717, 1.165) is 17.5 Å². The van der Waals surface area contributed by atoms with Gasteiger partial charge in [-0.1, -0.05) is 22.8 Å². The van der Waals surface area contributed by atoms with E-state index >= 15 is 0 Å². The second kappa shape index (κ2) is 5.50. The number of nitrogens with one attached hydrogen (secondary N) is 1. The van der Waals surface area contributed by atoms with Gasteiger partial charge >= 0.3 is 0 Å². The van der Waals surface area contributed by atoms with Gasteiger partial charge in [0, 0.05) is 23.0 Å². The standard InChI is InChI=1S/C13H16ClN3O/c1-8-4-5-10(7-11(8)14)13-16-12(17-18-13)6-9(2)15-3/h4-5,7,9,15H,6H2,1-3H3. The van der Waals surface area contributed by atoms with Crippen molar-refractivity contribution in [1.29, 1.82) is 0 Å². The van der Waals surface area contributed by atoms with Gasteiger partial charge in [-0.15, -0.1) is 0 Å². The first kappa shape index (κ1) is 13.1. The average Bonchev–Trinajstić information content (AvgIpc) is 2.81. The molecule has 4 nitrogen and oxygen atoms in total. The summed E-state index contributed by atoms with van der Waals surface area (Å²) < 4.78 is 5.24. The first-order chi connectivity index (χ1) is 8.60. The zero-order valence-corrected chi connectivity index (χ0v) is 11.5. The molecule has 1 unspecified atom stereocenters. The third-order valence-corrected chi connectivity index (χ3v) is 3.28. The van der Waals surface area contributed by atoms with E-state index in [-0.39, 0.29) is 0 Å². The molecule has 0 fully saturated rings. The highest BCUT2D eigenvalue weighted by Crippen LogP contribution is 2.24. The number of nitrogens with zero attached hydrogens (tertiary/aromatic N) is 2. The number of aromatic nitrogens is 2. The molecule has 0 aliphatic rings. The molecule has 0 saturated carbocycles. The summed E-state index contributed by atoms with van der Waals surface area (Å²) in [7, 11) is 1.91. The molecule has 1 aromatic heterocycles. The molecule has 0 saturated heterocycles. The lowest BCUT2D eigenvalue weighted by molar-refractivity contribution is 0.418. The largest absolute Gasteiger partial charge is 0.334 e. The van der Waals surface area contributed by atoms with Crippen molar-refractivity contribution in [3.63, 3.8) is 0 Å². The number of benzene rings is 1. The fourth-order valence-corrected chi connectivity index (χ4v) is 1.74. The SMILES string of the molecule is CNC(C)Cc1noc(-c2ccc(C)c(Cl)c2)n1. The van der Waals surface area contributed by atoms with Gasteiger partial charge in [0.1, 0.15) is 0 Å². The molecule has 1 heterocycles. The number of aryl methyl sites for hydroxylation is 1. The normalized spacial score (nSPS) is 12.7. The highest BCUT2D eigenvalue weighted by atomic mass is 35.5. The minimum absolute atomic E-state index is 0.317. The lowest BCUT2D eigenvalue weighted by atomic mass is 10.1. The Balaban J connectivity index is 2.21. The van der Waals surface area contributed by atoms with Crippen LogP contribution >= 0.6 is 11.6 Å². The van der Waals surface area contributed by atoms with Crippen molar-refractivity contribution in [3.05, 3.63) is 34.6 Å². The minimum Gasteiger partial charge on any atom is -0.334 e. The number of likely N-dealkylation sites (N-methyl/N-ethyl adjacent to an activating group) is 1. The monoisotopic (exact) mass is 265 g/mol. The smallest absolute Gasteiger partial charge is 0.257 e. The predicted octanol–water partition coefficient (Wildman–Crippen LogP) is 2.85. The molecule has 0 bridgehead atoms. The Kier molecular flexibility index (Phi) is 3.99. The van der Waals surface area contributed by atoms with Crippen LogP contribution < -0.4 is 5.32 Å². The van der Waals surface area contributed by atoms with E-state index in [9.17, 15) is 0 Å². The van der Waals surface area contributed by atoms with Gasteiger partial charge < -0.3 is 9.84 Å². The summed E-state index contributed by atoms with van der Waals surface area (Å²) in [6, 6.07) is 6.03. The summed E-state index contributed by atoms with van der Waals surface area (Å²) >= 11 is 6.08. The number of hydrogen-bond acceptors (Lipinski definition) is 4. The van der Waals surface area contributed by atoms with Crippen LogP contribution in [-0.2, 0) is 6.42 Å². The van der Waals surface area contributed by atoms with E-state index in [1.54, 1.807) is 0 Å². The van der Waals surface area contributed by atoms with Gasteiger partial charge in [-0.2, -0.15) is 4.98 Å². The molecule has 1 atom stereocenters. The Hall–Kier alpha value is -1.39. The van der Waals surface area contributed by atoms with E-state index in [0.29, 0.717) is 22.8 Å². The molecular weight excluding hydrogens is 250 g/mol. The topological polar surface area (TPSA) is 51.0 Å². The third kappa shape index (κ3) is 2.89. The second-order valence-electron chi connectivity index (χ2n) is 4.37. The lowest BCUT2D eigenvalue weighted by Crippen LogP contribution is -2.24. The van der Waals surface area contributed by atoms with Gasteiger partial charge in [0.05, 0.1) is 0 Å². The van der Waals surface area contributed by atoms with Gasteiger partial charge in [0.15, 0.2) is 5.82 Å². The molecule has 0 aliphatic heterocycles. The molecule has 0 radical (unpaired) electrons. The summed E-state index contributed by atoms with van der Waals surface area (Å²) in [6.07, 6.45) is 0.736. The Morgan fingerprint density at radius 1 is 1.44 bits per heavy atom. The van der Waals surface area contributed by atoms with Crippen LogP contribution in [-0.4, -0.2) is 23.2 Å². The van der Waals surface area contributed by atoms with Crippen LogP contribution in [0.5, 0.6) is 0 Å². The third-order valence-electron chi connectivity index (χ3n) is 2.87. The fourth-order valence-electron chi connectivity index (χ4n) is 1.56. The molecule has 0 amide bonds. The van der Waals surface area contributed by atoms with Crippen LogP contribution in [0.4, 0.5) is 0 Å². The Morgan fingerprint density at radius 2 is 2.22 bits per heavy atom. The van der Waals surface area contributed by atoms with E-state index in [1.807, 2.05) is 32.2 Å². The number of halogens is 1. The average molecular weight is 266 g/mol. The summed E-state index contributed by atoms with van der Waals surface area (Å²) in [4.78, 5) is 4.36. The molecule has 1 aromatic carbocycles. The molecular formula is C13H16ClN3O. The summed E-state index contributed by atoms with van der Waals surface area (Å²) in [5, 5.41) is 7.80. The molecule has 2 aromatic rings. The molecule has 96 valence electrons. The zero-order valence-electron chi connectivity index (χ0n) is 10.7. The van der Waals surface area contributed by atoms with E-state index in [2.05, 4.69) is 22.4 Å². The Bertz CT molecular complexity index is 539. The molecule has 0 aliphatic carbocycles. The van der Waals surface area contributed by atoms with Gasteiger partial charge in [0.25, 0.3) is 5.89 Å². The maximum Gasteiger partial charge on any atom is 0.257 e. The van der Waals surface area contributed by atoms with Crippen LogP contribution in [0.2, 0.25) is 5.02 Å². The maximum absolute atomic E-state index is 6.08. The van der Waals surface area contributed by atoms with Gasteiger partial charge in [-0.05, 0) is 38.6 Å². The number of rotatable bonds is 4. The van der Waals surface area contributed by atoms with Crippen molar-refractivity contribution in [2.75, 3.05) is 7.05 Å². The Morgan fingerprint density at radius 3 is 2.89 bits per heavy atom. The van der Waals surface area contributed by atoms with E-state index in [1.165, 1.54) is 0 Å². The first-order valence-corrected chi connectivity index (χ1v) is 6.24. The van der Waals surface area contributed by atoms with Gasteiger partial charge in [-0.3, -0.25) is 0 Å². The molecule has 1 N–H and O–H groups in total. The van der Waals surface area contributed by atoms with Crippen molar-refractivity contribution in [1.82, 2.24) is 15.5 Å². The summed E-state index contributed by atoms with van der Waals surface area (Å²) in [5.74, 6) is 1.21. The van der Waals surface area contributed by atoms with Crippen LogP contribution in [0.1, 0.15) is 18.3 Å². The van der Waals surface area contributed by atoms with E-state index < -0.39 is 0 Å². The van der Waals surface area contributed by atoms with Crippen molar-refractivity contribution >= 4 is 11.6 Å². The van der Waals surface area contributed by atoms with Crippen molar-refractivity contribution in [3.8, 4) is 11.5 Å². The van der Waals surface area contributed by atoms with Crippen LogP contribution in [0.15, 0.2) is 22.7 Å². The highest BCUT2D eigenvalue weighted by molar-refractivity contribution is 6.31. The molecule has 18 heavy (non-hydrogen) atoms. The fraction of sp³-hybridized carbons (Fsp3) is 0.385. The molecule has 2 rings (SSSR count). The highest BCUT2D eigenvalue weighted by Gasteiger charge is 2.11.